The summed E-state index contributed by atoms with van der Waals surface area (Å²) in [5.41, 5.74) is 0.835. The highest BCUT2D eigenvalue weighted by Gasteiger charge is 2.47. The van der Waals surface area contributed by atoms with Crippen LogP contribution in [-0.2, 0) is 14.8 Å². The molecular weight excluding hydrogens is 414 g/mol. The predicted molar refractivity (Wildman–Crippen MR) is 110 cm³/mol. The van der Waals surface area contributed by atoms with E-state index in [0.717, 1.165) is 24.8 Å². The average Bonchev–Trinajstić information content (AvgIpc) is 2.68. The standard InChI is InChI=1S/C21H30F2N2O4S/c1-30(26,27)24-17-6-4-10-25-11-12-28-19-7-3-2-5-16(19)15-8-9-20(21(22,23)13-15)29-14-18(17)25/h2-3,5,7,15,17-18,20,24H,4,6,8-14H2,1H3/t15-,17-,18-,20+/m0/s1. The summed E-state index contributed by atoms with van der Waals surface area (Å²) in [5.74, 6) is -2.54. The lowest BCUT2D eigenvalue weighted by atomic mass is 9.80. The van der Waals surface area contributed by atoms with Gasteiger partial charge in [-0.1, -0.05) is 18.2 Å². The summed E-state index contributed by atoms with van der Waals surface area (Å²) in [6.07, 6.45) is 2.07. The fraction of sp³-hybridized carbons (Fsp3) is 0.714. The van der Waals surface area contributed by atoms with E-state index in [-0.39, 0.29) is 37.5 Å². The Labute approximate surface area is 177 Å². The number of para-hydroxylation sites is 1. The minimum atomic E-state index is -3.42. The second-order valence-electron chi connectivity index (χ2n) is 8.69. The molecule has 1 N–H and O–H groups in total. The fourth-order valence-electron chi connectivity index (χ4n) is 5.07. The fourth-order valence-corrected chi connectivity index (χ4v) is 5.90. The number of ether oxygens (including phenoxy) is 2. The number of fused-ring (bicyclic) bond motifs is 5. The first kappa shape index (κ1) is 21.9. The maximum absolute atomic E-state index is 15.0. The molecule has 2 bridgehead atoms. The Morgan fingerprint density at radius 3 is 2.73 bits per heavy atom. The highest BCUT2D eigenvalue weighted by Crippen LogP contribution is 2.45. The molecule has 0 radical (unpaired) electrons. The third-order valence-electron chi connectivity index (χ3n) is 6.49. The molecule has 9 heteroatoms. The van der Waals surface area contributed by atoms with Crippen molar-refractivity contribution in [2.45, 2.75) is 62.1 Å². The van der Waals surface area contributed by atoms with E-state index >= 15 is 0 Å². The van der Waals surface area contributed by atoms with Crippen LogP contribution in [-0.4, -0.2) is 70.0 Å². The number of sulfonamides is 1. The van der Waals surface area contributed by atoms with Crippen LogP contribution in [0.4, 0.5) is 8.78 Å². The third-order valence-corrected chi connectivity index (χ3v) is 7.22. The molecule has 1 aliphatic carbocycles. The Morgan fingerprint density at radius 1 is 1.17 bits per heavy atom. The number of nitrogens with one attached hydrogen (secondary N) is 1. The summed E-state index contributed by atoms with van der Waals surface area (Å²) in [6.45, 7) is 1.82. The highest BCUT2D eigenvalue weighted by atomic mass is 32.2. The number of benzene rings is 1. The van der Waals surface area contributed by atoms with E-state index in [0.29, 0.717) is 31.7 Å². The van der Waals surface area contributed by atoms with Crippen molar-refractivity contribution in [1.29, 1.82) is 0 Å². The van der Waals surface area contributed by atoms with Crippen molar-refractivity contribution in [3.63, 3.8) is 0 Å². The van der Waals surface area contributed by atoms with Crippen LogP contribution in [0.1, 0.15) is 43.6 Å². The second kappa shape index (κ2) is 8.68. The summed E-state index contributed by atoms with van der Waals surface area (Å²) >= 11 is 0. The van der Waals surface area contributed by atoms with Crippen molar-refractivity contribution < 1.29 is 26.7 Å². The molecule has 4 atom stereocenters. The van der Waals surface area contributed by atoms with Crippen LogP contribution in [0.2, 0.25) is 0 Å². The van der Waals surface area contributed by atoms with Crippen molar-refractivity contribution >= 4 is 10.0 Å². The number of alkyl halides is 2. The van der Waals surface area contributed by atoms with Crippen LogP contribution in [0.15, 0.2) is 24.3 Å². The van der Waals surface area contributed by atoms with E-state index in [1.165, 1.54) is 0 Å². The Morgan fingerprint density at radius 2 is 1.97 bits per heavy atom. The Kier molecular flexibility index (Phi) is 6.35. The smallest absolute Gasteiger partial charge is 0.274 e. The monoisotopic (exact) mass is 444 g/mol. The molecular formula is C21H30F2N2O4S. The van der Waals surface area contributed by atoms with Gasteiger partial charge in [-0.05, 0) is 49.8 Å². The first-order valence-electron chi connectivity index (χ1n) is 10.7. The van der Waals surface area contributed by atoms with E-state index in [1.807, 2.05) is 24.3 Å². The van der Waals surface area contributed by atoms with Gasteiger partial charge in [-0.15, -0.1) is 0 Å². The topological polar surface area (TPSA) is 67.9 Å². The molecule has 4 aliphatic rings. The van der Waals surface area contributed by atoms with Crippen molar-refractivity contribution in [1.82, 2.24) is 9.62 Å². The van der Waals surface area contributed by atoms with E-state index < -0.39 is 22.0 Å². The van der Waals surface area contributed by atoms with E-state index in [4.69, 9.17) is 9.47 Å². The molecule has 0 amide bonds. The molecule has 168 valence electrons. The summed E-state index contributed by atoms with van der Waals surface area (Å²) < 4.78 is 68.2. The number of nitrogens with zero attached hydrogens (tertiary/aromatic N) is 1. The zero-order valence-corrected chi connectivity index (χ0v) is 18.0. The summed E-state index contributed by atoms with van der Waals surface area (Å²) in [7, 11) is -3.42. The predicted octanol–water partition coefficient (Wildman–Crippen LogP) is 2.75. The average molecular weight is 445 g/mol. The third kappa shape index (κ3) is 4.95. The van der Waals surface area contributed by atoms with Gasteiger partial charge in [-0.25, -0.2) is 21.9 Å². The minimum Gasteiger partial charge on any atom is -0.492 e. The summed E-state index contributed by atoms with van der Waals surface area (Å²) in [5, 5.41) is 0. The summed E-state index contributed by atoms with van der Waals surface area (Å²) in [4.78, 5) is 2.11. The maximum atomic E-state index is 15.0. The molecule has 5 rings (SSSR count). The van der Waals surface area contributed by atoms with Crippen molar-refractivity contribution in [2.24, 2.45) is 0 Å². The zero-order valence-electron chi connectivity index (χ0n) is 17.2. The molecule has 3 aliphatic heterocycles. The van der Waals surface area contributed by atoms with Crippen molar-refractivity contribution in [2.75, 3.05) is 32.6 Å². The summed E-state index contributed by atoms with van der Waals surface area (Å²) in [6, 6.07) is 6.78. The van der Waals surface area contributed by atoms with Gasteiger partial charge in [0.15, 0.2) is 0 Å². The number of hydrogen-bond acceptors (Lipinski definition) is 5. The van der Waals surface area contributed by atoms with E-state index in [1.54, 1.807) is 0 Å². The van der Waals surface area contributed by atoms with Crippen LogP contribution in [0.5, 0.6) is 5.75 Å². The molecule has 1 aromatic rings. The Hall–Kier alpha value is -1.29. The SMILES string of the molecule is CS(=O)(=O)N[C@H]1CCCN2CCOc3ccccc3[C@H]3CC[C@@H](OC[C@@H]12)C(F)(F)C3. The van der Waals surface area contributed by atoms with Gasteiger partial charge in [0.25, 0.3) is 5.92 Å². The lowest BCUT2D eigenvalue weighted by Gasteiger charge is -2.42. The van der Waals surface area contributed by atoms with Crippen LogP contribution in [0.25, 0.3) is 0 Å². The molecule has 1 saturated carbocycles. The van der Waals surface area contributed by atoms with Gasteiger partial charge in [0.05, 0.1) is 12.9 Å². The van der Waals surface area contributed by atoms with Gasteiger partial charge in [-0.3, -0.25) is 4.90 Å². The molecule has 3 heterocycles. The van der Waals surface area contributed by atoms with Gasteiger partial charge in [0.2, 0.25) is 10.0 Å². The molecule has 1 saturated heterocycles. The normalized spacial score (nSPS) is 32.6. The molecule has 0 spiro atoms. The Bertz CT molecular complexity index is 851. The van der Waals surface area contributed by atoms with Crippen LogP contribution in [0, 0.1) is 0 Å². The molecule has 0 unspecified atom stereocenters. The molecule has 30 heavy (non-hydrogen) atoms. The lowest BCUT2D eigenvalue weighted by Crippen LogP contribution is -2.58. The second-order valence-corrected chi connectivity index (χ2v) is 10.5. The van der Waals surface area contributed by atoms with Crippen molar-refractivity contribution in [3.05, 3.63) is 29.8 Å². The molecule has 1 aromatic carbocycles. The quantitative estimate of drug-likeness (QED) is 0.760. The van der Waals surface area contributed by atoms with E-state index in [2.05, 4.69) is 9.62 Å². The van der Waals surface area contributed by atoms with Gasteiger partial charge < -0.3 is 9.47 Å². The number of rotatable bonds is 2. The van der Waals surface area contributed by atoms with Gasteiger partial charge in [-0.2, -0.15) is 0 Å². The van der Waals surface area contributed by atoms with Crippen LogP contribution >= 0.6 is 0 Å². The first-order chi connectivity index (χ1) is 14.2. The van der Waals surface area contributed by atoms with Crippen molar-refractivity contribution in [3.8, 4) is 5.75 Å². The molecule has 6 nitrogen and oxygen atoms in total. The maximum Gasteiger partial charge on any atom is 0.274 e. The van der Waals surface area contributed by atoms with Gasteiger partial charge in [0, 0.05) is 25.0 Å². The van der Waals surface area contributed by atoms with Crippen LogP contribution in [0.3, 0.4) is 0 Å². The van der Waals surface area contributed by atoms with Gasteiger partial charge in [0.1, 0.15) is 18.5 Å². The van der Waals surface area contributed by atoms with E-state index in [9.17, 15) is 17.2 Å². The number of hydrogen-bond donors (Lipinski definition) is 1. The first-order valence-corrected chi connectivity index (χ1v) is 12.5. The highest BCUT2D eigenvalue weighted by molar-refractivity contribution is 7.88. The molecule has 0 aromatic heterocycles. The lowest BCUT2D eigenvalue weighted by molar-refractivity contribution is -0.170. The van der Waals surface area contributed by atoms with Crippen LogP contribution < -0.4 is 9.46 Å². The Balaban J connectivity index is 1.62. The molecule has 2 fully saturated rings. The largest absolute Gasteiger partial charge is 0.492 e. The zero-order chi connectivity index (χ0) is 21.4. The van der Waals surface area contributed by atoms with Gasteiger partial charge >= 0.3 is 0 Å². The number of halogens is 2. The minimum absolute atomic E-state index is 0.0745. The number of piperidine rings is 1.